The van der Waals surface area contributed by atoms with Gasteiger partial charge >= 0.3 is 0 Å². The topological polar surface area (TPSA) is 29.3 Å². The highest BCUT2D eigenvalue weighted by Crippen LogP contribution is 2.32. The van der Waals surface area contributed by atoms with Crippen molar-refractivity contribution in [3.05, 3.63) is 42.7 Å². The van der Waals surface area contributed by atoms with E-state index in [-0.39, 0.29) is 0 Å². The van der Waals surface area contributed by atoms with Gasteiger partial charge in [0.1, 0.15) is 12.3 Å². The fourth-order valence-electron chi connectivity index (χ4n) is 2.19. The first kappa shape index (κ1) is 14.3. The molecule has 108 valence electrons. The third kappa shape index (κ3) is 2.87. The molecule has 0 spiro atoms. The summed E-state index contributed by atoms with van der Waals surface area (Å²) in [6, 6.07) is 9.51. The van der Waals surface area contributed by atoms with Crippen LogP contribution in [0.4, 0.5) is 10.1 Å². The maximum Gasteiger partial charge on any atom is 0.139 e. The van der Waals surface area contributed by atoms with Crippen LogP contribution < -0.4 is 5.32 Å². The molecular formula is C15H14FN3S2. The molecule has 0 fully saturated rings. The van der Waals surface area contributed by atoms with Crippen molar-refractivity contribution in [3.8, 4) is 11.3 Å². The van der Waals surface area contributed by atoms with Crippen molar-refractivity contribution in [1.82, 2.24) is 9.38 Å². The zero-order valence-corrected chi connectivity index (χ0v) is 12.9. The predicted molar refractivity (Wildman–Crippen MR) is 89.6 cm³/mol. The van der Waals surface area contributed by atoms with Crippen LogP contribution in [0, 0.1) is 0 Å². The Kier molecular flexibility index (Phi) is 4.07. The standard InChI is InChI=1S/C15H14FN3S2/c16-5-6-17-10-4-7-19-9-11(18-14(19)8-10)15-12(20)2-1-3-13(15)21/h1-4,7-9,17,20-21H,5-6H2. The van der Waals surface area contributed by atoms with E-state index in [0.717, 1.165) is 32.4 Å². The van der Waals surface area contributed by atoms with Crippen LogP contribution in [-0.4, -0.2) is 22.6 Å². The SMILES string of the molecule is FCCNc1ccn2cc(-c3c(S)cccc3S)nc2c1. The molecule has 3 rings (SSSR count). The number of anilines is 1. The molecule has 1 N–H and O–H groups in total. The van der Waals surface area contributed by atoms with Gasteiger partial charge in [-0.15, -0.1) is 25.3 Å². The van der Waals surface area contributed by atoms with Crippen LogP contribution in [-0.2, 0) is 0 Å². The van der Waals surface area contributed by atoms with Crippen molar-refractivity contribution >= 4 is 36.6 Å². The second kappa shape index (κ2) is 5.99. The number of nitrogens with zero attached hydrogens (tertiary/aromatic N) is 2. The van der Waals surface area contributed by atoms with Gasteiger partial charge in [-0.05, 0) is 18.2 Å². The summed E-state index contributed by atoms with van der Waals surface area (Å²) in [4.78, 5) is 6.27. The van der Waals surface area contributed by atoms with Gasteiger partial charge in [0.15, 0.2) is 0 Å². The van der Waals surface area contributed by atoms with Gasteiger partial charge in [0.05, 0.1) is 5.69 Å². The molecule has 0 aliphatic rings. The number of thiol groups is 2. The number of imidazole rings is 1. The average Bonchev–Trinajstić information content (AvgIpc) is 2.87. The lowest BCUT2D eigenvalue weighted by Gasteiger charge is -2.04. The Morgan fingerprint density at radius 2 is 1.95 bits per heavy atom. The van der Waals surface area contributed by atoms with E-state index in [9.17, 15) is 4.39 Å². The van der Waals surface area contributed by atoms with E-state index in [1.165, 1.54) is 0 Å². The monoisotopic (exact) mass is 319 g/mol. The summed E-state index contributed by atoms with van der Waals surface area (Å²) in [5.74, 6) is 0. The Bertz CT molecular complexity index is 765. The summed E-state index contributed by atoms with van der Waals surface area (Å²) in [6.45, 7) is -0.106. The smallest absolute Gasteiger partial charge is 0.139 e. The summed E-state index contributed by atoms with van der Waals surface area (Å²) in [6.07, 6.45) is 3.83. The molecule has 3 nitrogen and oxygen atoms in total. The normalized spacial score (nSPS) is 11.0. The quantitative estimate of drug-likeness (QED) is 0.636. The largest absolute Gasteiger partial charge is 0.382 e. The molecule has 0 atom stereocenters. The number of hydrogen-bond donors (Lipinski definition) is 3. The van der Waals surface area contributed by atoms with E-state index in [1.54, 1.807) is 0 Å². The molecular weight excluding hydrogens is 305 g/mol. The Labute approximate surface area is 133 Å². The molecule has 1 aromatic carbocycles. The maximum atomic E-state index is 12.2. The van der Waals surface area contributed by atoms with Gasteiger partial charge in [0, 0.05) is 46.0 Å². The van der Waals surface area contributed by atoms with Gasteiger partial charge in [0.25, 0.3) is 0 Å². The molecule has 0 aliphatic heterocycles. The van der Waals surface area contributed by atoms with Crippen LogP contribution in [0.15, 0.2) is 52.5 Å². The van der Waals surface area contributed by atoms with Crippen molar-refractivity contribution in [1.29, 1.82) is 0 Å². The molecule has 21 heavy (non-hydrogen) atoms. The van der Waals surface area contributed by atoms with Crippen LogP contribution in [0.3, 0.4) is 0 Å². The summed E-state index contributed by atoms with van der Waals surface area (Å²) in [5, 5.41) is 3.00. The minimum absolute atomic E-state index is 0.296. The Morgan fingerprint density at radius 1 is 1.19 bits per heavy atom. The van der Waals surface area contributed by atoms with Gasteiger partial charge in [-0.2, -0.15) is 0 Å². The molecule has 2 heterocycles. The molecule has 0 bridgehead atoms. The Morgan fingerprint density at radius 3 is 2.67 bits per heavy atom. The van der Waals surface area contributed by atoms with Gasteiger partial charge < -0.3 is 9.72 Å². The third-order valence-electron chi connectivity index (χ3n) is 3.16. The van der Waals surface area contributed by atoms with Gasteiger partial charge in [-0.1, -0.05) is 6.07 Å². The maximum absolute atomic E-state index is 12.2. The molecule has 0 radical (unpaired) electrons. The number of alkyl halides is 1. The van der Waals surface area contributed by atoms with Crippen molar-refractivity contribution in [3.63, 3.8) is 0 Å². The summed E-state index contributed by atoms with van der Waals surface area (Å²) in [7, 11) is 0. The number of aromatic nitrogens is 2. The van der Waals surface area contributed by atoms with E-state index in [0.29, 0.717) is 6.54 Å². The number of pyridine rings is 1. The molecule has 6 heteroatoms. The minimum atomic E-state index is -0.402. The Balaban J connectivity index is 2.05. The van der Waals surface area contributed by atoms with E-state index in [2.05, 4.69) is 35.6 Å². The molecule has 0 unspecified atom stereocenters. The van der Waals surface area contributed by atoms with Gasteiger partial charge in [-0.3, -0.25) is 0 Å². The minimum Gasteiger partial charge on any atom is -0.382 e. The molecule has 3 aromatic rings. The highest BCUT2D eigenvalue weighted by molar-refractivity contribution is 7.81. The molecule has 2 aromatic heterocycles. The predicted octanol–water partition coefficient (Wildman–Crippen LogP) is 3.96. The second-order valence-corrected chi connectivity index (χ2v) is 5.56. The van der Waals surface area contributed by atoms with Crippen molar-refractivity contribution in [2.24, 2.45) is 0 Å². The first-order chi connectivity index (χ1) is 10.2. The first-order valence-corrected chi connectivity index (χ1v) is 7.38. The van der Waals surface area contributed by atoms with Crippen molar-refractivity contribution in [2.45, 2.75) is 9.79 Å². The first-order valence-electron chi connectivity index (χ1n) is 6.49. The lowest BCUT2D eigenvalue weighted by Crippen LogP contribution is -2.02. The highest BCUT2D eigenvalue weighted by Gasteiger charge is 2.11. The van der Waals surface area contributed by atoms with Crippen LogP contribution in [0.1, 0.15) is 0 Å². The van der Waals surface area contributed by atoms with Crippen molar-refractivity contribution in [2.75, 3.05) is 18.5 Å². The van der Waals surface area contributed by atoms with E-state index >= 15 is 0 Å². The summed E-state index contributed by atoms with van der Waals surface area (Å²) in [5.41, 5.74) is 3.36. The highest BCUT2D eigenvalue weighted by atomic mass is 32.1. The molecule has 0 saturated carbocycles. The summed E-state index contributed by atoms with van der Waals surface area (Å²) < 4.78 is 14.1. The number of benzene rings is 1. The zero-order chi connectivity index (χ0) is 14.8. The number of rotatable bonds is 4. The number of nitrogens with one attached hydrogen (secondary N) is 1. The van der Waals surface area contributed by atoms with E-state index in [1.807, 2.05) is 47.1 Å². The van der Waals surface area contributed by atoms with Gasteiger partial charge in [0.2, 0.25) is 0 Å². The second-order valence-electron chi connectivity index (χ2n) is 4.59. The van der Waals surface area contributed by atoms with Crippen LogP contribution in [0.25, 0.3) is 16.9 Å². The fraction of sp³-hybridized carbons (Fsp3) is 0.133. The zero-order valence-electron chi connectivity index (χ0n) is 11.1. The molecule has 0 amide bonds. The van der Waals surface area contributed by atoms with Crippen molar-refractivity contribution < 1.29 is 4.39 Å². The van der Waals surface area contributed by atoms with Gasteiger partial charge in [-0.25, -0.2) is 9.37 Å². The molecule has 0 aliphatic carbocycles. The average molecular weight is 319 g/mol. The Hall–Kier alpha value is -1.66. The lowest BCUT2D eigenvalue weighted by molar-refractivity contribution is 0.513. The van der Waals surface area contributed by atoms with Crippen LogP contribution in [0.2, 0.25) is 0 Å². The molecule has 0 saturated heterocycles. The van der Waals surface area contributed by atoms with Crippen LogP contribution in [0.5, 0.6) is 0 Å². The third-order valence-corrected chi connectivity index (χ3v) is 3.91. The van der Waals surface area contributed by atoms with Crippen LogP contribution >= 0.6 is 25.3 Å². The summed E-state index contributed by atoms with van der Waals surface area (Å²) >= 11 is 8.95. The lowest BCUT2D eigenvalue weighted by atomic mass is 10.2. The number of halogens is 1. The fourth-order valence-corrected chi connectivity index (χ4v) is 2.92. The number of hydrogen-bond acceptors (Lipinski definition) is 4. The van der Waals surface area contributed by atoms with E-state index < -0.39 is 6.67 Å². The number of fused-ring (bicyclic) bond motifs is 1. The van der Waals surface area contributed by atoms with E-state index in [4.69, 9.17) is 0 Å².